The van der Waals surface area contributed by atoms with E-state index in [4.69, 9.17) is 5.73 Å². The highest BCUT2D eigenvalue weighted by molar-refractivity contribution is 5.44. The van der Waals surface area contributed by atoms with E-state index in [0.717, 1.165) is 11.3 Å². The molecular weight excluding hydrogens is 152 g/mol. The van der Waals surface area contributed by atoms with Gasteiger partial charge in [0.25, 0.3) is 0 Å². The van der Waals surface area contributed by atoms with Crippen LogP contribution in [0.5, 0.6) is 0 Å². The molecule has 1 aromatic carbocycles. The Morgan fingerprint density at radius 1 is 1.42 bits per heavy atom. The molecule has 0 saturated carbocycles. The lowest BCUT2D eigenvalue weighted by Crippen LogP contribution is -2.11. The monoisotopic (exact) mass is 166 g/mol. The van der Waals surface area contributed by atoms with E-state index in [2.05, 4.69) is 5.32 Å². The second-order valence-electron chi connectivity index (χ2n) is 2.62. The molecule has 66 valence electrons. The first kappa shape index (κ1) is 9.03. The minimum atomic E-state index is -0.545. The fourth-order valence-corrected chi connectivity index (χ4v) is 1.01. The van der Waals surface area contributed by atoms with E-state index in [0.29, 0.717) is 0 Å². The van der Waals surface area contributed by atoms with Crippen LogP contribution < -0.4 is 11.1 Å². The van der Waals surface area contributed by atoms with Gasteiger partial charge in [-0.2, -0.15) is 0 Å². The third-order valence-corrected chi connectivity index (χ3v) is 1.81. The average Bonchev–Trinajstić information content (AvgIpc) is 2.17. The maximum atomic E-state index is 9.35. The van der Waals surface area contributed by atoms with Crippen LogP contribution in [0.3, 0.4) is 0 Å². The Morgan fingerprint density at radius 3 is 2.42 bits per heavy atom. The van der Waals surface area contributed by atoms with E-state index in [1.807, 2.05) is 31.3 Å². The van der Waals surface area contributed by atoms with Crippen LogP contribution in [-0.2, 0) is 0 Å². The van der Waals surface area contributed by atoms with Crippen molar-refractivity contribution < 1.29 is 5.11 Å². The van der Waals surface area contributed by atoms with E-state index >= 15 is 0 Å². The summed E-state index contributed by atoms with van der Waals surface area (Å²) in [7, 11) is 1.86. The van der Waals surface area contributed by atoms with E-state index in [1.165, 1.54) is 0 Å². The van der Waals surface area contributed by atoms with E-state index < -0.39 is 6.10 Å². The van der Waals surface area contributed by atoms with Gasteiger partial charge in [-0.3, -0.25) is 0 Å². The summed E-state index contributed by atoms with van der Waals surface area (Å²) in [6.45, 7) is 0.263. The zero-order valence-electron chi connectivity index (χ0n) is 7.12. The quantitative estimate of drug-likeness (QED) is 0.620. The Morgan fingerprint density at radius 2 is 2.00 bits per heavy atom. The molecule has 4 N–H and O–H groups in total. The van der Waals surface area contributed by atoms with Gasteiger partial charge in [0, 0.05) is 19.3 Å². The Bertz CT molecular complexity index is 233. The molecule has 3 nitrogen and oxygen atoms in total. The van der Waals surface area contributed by atoms with Crippen molar-refractivity contribution in [3.8, 4) is 0 Å². The lowest BCUT2D eigenvalue weighted by Gasteiger charge is -2.08. The molecule has 1 unspecified atom stereocenters. The summed E-state index contributed by atoms with van der Waals surface area (Å²) in [6, 6.07) is 7.55. The number of rotatable bonds is 3. The van der Waals surface area contributed by atoms with Gasteiger partial charge in [-0.25, -0.2) is 0 Å². The van der Waals surface area contributed by atoms with Gasteiger partial charge in [0.15, 0.2) is 0 Å². The van der Waals surface area contributed by atoms with Crippen molar-refractivity contribution in [2.45, 2.75) is 6.10 Å². The van der Waals surface area contributed by atoms with Crippen molar-refractivity contribution in [2.24, 2.45) is 5.73 Å². The molecule has 1 atom stereocenters. The van der Waals surface area contributed by atoms with Crippen molar-refractivity contribution in [2.75, 3.05) is 18.9 Å². The lowest BCUT2D eigenvalue weighted by molar-refractivity contribution is 0.187. The highest BCUT2D eigenvalue weighted by atomic mass is 16.3. The van der Waals surface area contributed by atoms with Crippen LogP contribution in [0.25, 0.3) is 0 Å². The molecule has 1 rings (SSSR count). The molecule has 0 aromatic heterocycles. The van der Waals surface area contributed by atoms with E-state index in [9.17, 15) is 5.11 Å². The third-order valence-electron chi connectivity index (χ3n) is 1.81. The number of anilines is 1. The van der Waals surface area contributed by atoms with E-state index in [1.54, 1.807) is 0 Å². The maximum Gasteiger partial charge on any atom is 0.0912 e. The van der Waals surface area contributed by atoms with E-state index in [-0.39, 0.29) is 6.54 Å². The minimum Gasteiger partial charge on any atom is -0.388 e. The lowest BCUT2D eigenvalue weighted by atomic mass is 10.1. The summed E-state index contributed by atoms with van der Waals surface area (Å²) in [6.07, 6.45) is -0.545. The summed E-state index contributed by atoms with van der Waals surface area (Å²) in [5, 5.41) is 12.3. The van der Waals surface area contributed by atoms with Crippen LogP contribution >= 0.6 is 0 Å². The van der Waals surface area contributed by atoms with Gasteiger partial charge in [-0.05, 0) is 17.7 Å². The molecule has 0 aliphatic carbocycles. The van der Waals surface area contributed by atoms with Gasteiger partial charge in [0.05, 0.1) is 6.10 Å². The zero-order valence-corrected chi connectivity index (χ0v) is 7.12. The molecule has 0 fully saturated rings. The standard InChI is InChI=1S/C9H14N2O/c1-11-8-4-2-7(3-5-8)9(12)6-10/h2-5,9,11-12H,6,10H2,1H3. The molecule has 0 bridgehead atoms. The first-order chi connectivity index (χ1) is 5.77. The molecule has 0 aliphatic rings. The SMILES string of the molecule is CNc1ccc(C(O)CN)cc1. The van der Waals surface area contributed by atoms with Gasteiger partial charge in [-0.1, -0.05) is 12.1 Å². The molecule has 12 heavy (non-hydrogen) atoms. The maximum absolute atomic E-state index is 9.35. The summed E-state index contributed by atoms with van der Waals surface area (Å²) in [5.74, 6) is 0. The van der Waals surface area contributed by atoms with Gasteiger partial charge in [-0.15, -0.1) is 0 Å². The molecule has 0 heterocycles. The van der Waals surface area contributed by atoms with Gasteiger partial charge in [0.1, 0.15) is 0 Å². The highest BCUT2D eigenvalue weighted by Crippen LogP contribution is 2.14. The molecule has 0 aliphatic heterocycles. The Balaban J connectivity index is 2.77. The minimum absolute atomic E-state index is 0.263. The normalized spacial score (nSPS) is 12.6. The number of aliphatic hydroxyl groups is 1. The first-order valence-corrected chi connectivity index (χ1v) is 3.93. The molecule has 0 radical (unpaired) electrons. The zero-order chi connectivity index (χ0) is 8.97. The molecule has 0 amide bonds. The molecule has 0 saturated heterocycles. The van der Waals surface area contributed by atoms with Crippen LogP contribution in [0.2, 0.25) is 0 Å². The number of benzene rings is 1. The highest BCUT2D eigenvalue weighted by Gasteiger charge is 2.02. The fraction of sp³-hybridized carbons (Fsp3) is 0.333. The average molecular weight is 166 g/mol. The van der Waals surface area contributed by atoms with Crippen LogP contribution in [0.1, 0.15) is 11.7 Å². The predicted octanol–water partition coefficient (Wildman–Crippen LogP) is 0.720. The van der Waals surface area contributed by atoms with Crippen LogP contribution in [0.4, 0.5) is 5.69 Å². The first-order valence-electron chi connectivity index (χ1n) is 3.93. The smallest absolute Gasteiger partial charge is 0.0912 e. The van der Waals surface area contributed by atoms with Crippen LogP contribution in [0, 0.1) is 0 Å². The molecule has 1 aromatic rings. The second-order valence-corrected chi connectivity index (χ2v) is 2.62. The number of hydrogen-bond donors (Lipinski definition) is 3. The van der Waals surface area contributed by atoms with Crippen molar-refractivity contribution in [1.29, 1.82) is 0 Å². The summed E-state index contributed by atoms with van der Waals surface area (Å²) in [4.78, 5) is 0. The summed E-state index contributed by atoms with van der Waals surface area (Å²) in [5.41, 5.74) is 7.20. The van der Waals surface area contributed by atoms with Gasteiger partial charge < -0.3 is 16.2 Å². The molecule has 0 spiro atoms. The summed E-state index contributed by atoms with van der Waals surface area (Å²) >= 11 is 0. The predicted molar refractivity (Wildman–Crippen MR) is 50.0 cm³/mol. The number of hydrogen-bond acceptors (Lipinski definition) is 3. The topological polar surface area (TPSA) is 58.3 Å². The fourth-order valence-electron chi connectivity index (χ4n) is 1.01. The molecular formula is C9H14N2O. The Hall–Kier alpha value is -1.06. The van der Waals surface area contributed by atoms with Crippen LogP contribution in [0.15, 0.2) is 24.3 Å². The number of nitrogens with two attached hydrogens (primary N) is 1. The van der Waals surface area contributed by atoms with Crippen LogP contribution in [-0.4, -0.2) is 18.7 Å². The van der Waals surface area contributed by atoms with Crippen molar-refractivity contribution in [3.63, 3.8) is 0 Å². The Kier molecular flexibility index (Phi) is 3.08. The van der Waals surface area contributed by atoms with Gasteiger partial charge >= 0.3 is 0 Å². The Labute approximate surface area is 72.2 Å². The molecule has 3 heteroatoms. The van der Waals surface area contributed by atoms with Crippen molar-refractivity contribution in [1.82, 2.24) is 0 Å². The summed E-state index contributed by atoms with van der Waals surface area (Å²) < 4.78 is 0. The second kappa shape index (κ2) is 4.09. The number of aliphatic hydroxyl groups excluding tert-OH is 1. The number of nitrogens with one attached hydrogen (secondary N) is 1. The largest absolute Gasteiger partial charge is 0.388 e. The third kappa shape index (κ3) is 1.96. The van der Waals surface area contributed by atoms with Crippen molar-refractivity contribution >= 4 is 5.69 Å². The van der Waals surface area contributed by atoms with Gasteiger partial charge in [0.2, 0.25) is 0 Å². The van der Waals surface area contributed by atoms with Crippen molar-refractivity contribution in [3.05, 3.63) is 29.8 Å².